The smallest absolute Gasteiger partial charge is 0.328 e. The van der Waals surface area contributed by atoms with Crippen LogP contribution < -0.4 is 0 Å². The van der Waals surface area contributed by atoms with Gasteiger partial charge in [0.05, 0.1) is 0 Å². The van der Waals surface area contributed by atoms with Crippen LogP contribution in [0.2, 0.25) is 0 Å². The summed E-state index contributed by atoms with van der Waals surface area (Å²) < 4.78 is 0. The second kappa shape index (κ2) is 6.97. The summed E-state index contributed by atoms with van der Waals surface area (Å²) in [6.45, 7) is 1.80. The Kier molecular flexibility index (Phi) is 6.05. The number of carbonyl (C=O) groups is 1. The first-order valence-corrected chi connectivity index (χ1v) is 3.75. The molecule has 0 heterocycles. The fourth-order valence-corrected chi connectivity index (χ4v) is 0.412. The molecular formula is C10H10O3. The standard InChI is InChI=1S/C10H10O3/c1-2-9(11)7-5-3-4-6-8-10(12)13/h6,8-9,11H,2H2,1H3,(H,12,13). The minimum Gasteiger partial charge on any atom is -0.478 e. The maximum absolute atomic E-state index is 9.96. The Hall–Kier alpha value is -1.71. The maximum atomic E-state index is 9.96. The van der Waals surface area contributed by atoms with Crippen molar-refractivity contribution >= 4 is 5.97 Å². The molecule has 0 aromatic rings. The fraction of sp³-hybridized carbons (Fsp3) is 0.300. The Balaban J connectivity index is 3.97. The number of aliphatic hydroxyl groups is 1. The highest BCUT2D eigenvalue weighted by molar-refractivity contribution is 5.80. The van der Waals surface area contributed by atoms with Gasteiger partial charge < -0.3 is 10.2 Å². The van der Waals surface area contributed by atoms with E-state index in [2.05, 4.69) is 23.7 Å². The molecule has 3 heteroatoms. The summed E-state index contributed by atoms with van der Waals surface area (Å²) in [4.78, 5) is 9.96. The molecule has 1 atom stereocenters. The average Bonchev–Trinajstić information content (AvgIpc) is 2.10. The monoisotopic (exact) mass is 178 g/mol. The molecule has 0 aromatic carbocycles. The van der Waals surface area contributed by atoms with Gasteiger partial charge in [0.25, 0.3) is 0 Å². The molecule has 0 aliphatic rings. The number of carboxylic acids is 1. The van der Waals surface area contributed by atoms with Crippen molar-refractivity contribution < 1.29 is 15.0 Å². The Morgan fingerprint density at radius 1 is 1.54 bits per heavy atom. The number of hydrogen-bond donors (Lipinski definition) is 2. The summed E-state index contributed by atoms with van der Waals surface area (Å²) in [6, 6.07) is 0. The normalized spacial score (nSPS) is 10.9. The van der Waals surface area contributed by atoms with Crippen LogP contribution in [0.15, 0.2) is 12.2 Å². The van der Waals surface area contributed by atoms with Crippen LogP contribution in [-0.2, 0) is 4.79 Å². The van der Waals surface area contributed by atoms with Gasteiger partial charge in [0, 0.05) is 6.08 Å². The third-order valence-corrected chi connectivity index (χ3v) is 1.07. The first-order chi connectivity index (χ1) is 6.16. The Bertz CT molecular complexity index is 307. The van der Waals surface area contributed by atoms with E-state index in [-0.39, 0.29) is 0 Å². The van der Waals surface area contributed by atoms with Crippen molar-refractivity contribution in [3.8, 4) is 23.7 Å². The lowest BCUT2D eigenvalue weighted by Gasteiger charge is -1.91. The topological polar surface area (TPSA) is 57.5 Å². The van der Waals surface area contributed by atoms with E-state index in [4.69, 9.17) is 10.2 Å². The zero-order valence-corrected chi connectivity index (χ0v) is 7.24. The highest BCUT2D eigenvalue weighted by atomic mass is 16.4. The Morgan fingerprint density at radius 3 is 2.77 bits per heavy atom. The quantitative estimate of drug-likeness (QED) is 0.475. The van der Waals surface area contributed by atoms with Crippen LogP contribution in [0.1, 0.15) is 13.3 Å². The van der Waals surface area contributed by atoms with E-state index in [1.165, 1.54) is 6.08 Å². The SMILES string of the molecule is CCC(O)C#CC#CC=CC(=O)O. The van der Waals surface area contributed by atoms with Gasteiger partial charge in [0.1, 0.15) is 6.10 Å². The summed E-state index contributed by atoms with van der Waals surface area (Å²) in [5.74, 6) is 8.61. The molecule has 0 saturated heterocycles. The van der Waals surface area contributed by atoms with E-state index in [1.807, 2.05) is 0 Å². The third kappa shape index (κ3) is 8.19. The van der Waals surface area contributed by atoms with Crippen LogP contribution >= 0.6 is 0 Å². The minimum atomic E-state index is -1.05. The van der Waals surface area contributed by atoms with E-state index in [0.717, 1.165) is 6.08 Å². The number of hydrogen-bond acceptors (Lipinski definition) is 2. The van der Waals surface area contributed by atoms with Crippen molar-refractivity contribution in [1.82, 2.24) is 0 Å². The minimum absolute atomic E-state index is 0.555. The predicted octanol–water partition coefficient (Wildman–Crippen LogP) is 0.405. The maximum Gasteiger partial charge on any atom is 0.328 e. The van der Waals surface area contributed by atoms with Gasteiger partial charge in [-0.3, -0.25) is 0 Å². The number of allylic oxidation sites excluding steroid dienone is 1. The number of aliphatic carboxylic acids is 1. The van der Waals surface area contributed by atoms with Crippen molar-refractivity contribution in [3.05, 3.63) is 12.2 Å². The van der Waals surface area contributed by atoms with Crippen molar-refractivity contribution in [2.45, 2.75) is 19.4 Å². The van der Waals surface area contributed by atoms with Gasteiger partial charge in [-0.1, -0.05) is 18.8 Å². The molecule has 0 saturated carbocycles. The molecule has 0 aliphatic heterocycles. The van der Waals surface area contributed by atoms with Gasteiger partial charge in [0.15, 0.2) is 0 Å². The molecule has 2 N–H and O–H groups in total. The van der Waals surface area contributed by atoms with Crippen LogP contribution in [-0.4, -0.2) is 22.3 Å². The summed E-state index contributed by atoms with van der Waals surface area (Å²) in [5, 5.41) is 17.1. The van der Waals surface area contributed by atoms with Crippen molar-refractivity contribution in [2.24, 2.45) is 0 Å². The number of carboxylic acid groups (broad SMARTS) is 1. The molecule has 3 nitrogen and oxygen atoms in total. The molecule has 0 rings (SSSR count). The number of aliphatic hydroxyl groups excluding tert-OH is 1. The van der Waals surface area contributed by atoms with Gasteiger partial charge in [-0.15, -0.1) is 0 Å². The fourth-order valence-electron chi connectivity index (χ4n) is 0.412. The molecule has 1 unspecified atom stereocenters. The van der Waals surface area contributed by atoms with E-state index >= 15 is 0 Å². The first-order valence-electron chi connectivity index (χ1n) is 3.75. The van der Waals surface area contributed by atoms with E-state index in [9.17, 15) is 4.79 Å². The molecule has 0 fully saturated rings. The van der Waals surface area contributed by atoms with Crippen LogP contribution in [0.3, 0.4) is 0 Å². The lowest BCUT2D eigenvalue weighted by Crippen LogP contribution is -1.98. The molecule has 0 radical (unpaired) electrons. The molecule has 0 bridgehead atoms. The van der Waals surface area contributed by atoms with Crippen molar-refractivity contribution in [3.63, 3.8) is 0 Å². The Morgan fingerprint density at radius 2 is 2.23 bits per heavy atom. The number of rotatable bonds is 2. The summed E-state index contributed by atoms with van der Waals surface area (Å²) in [6.07, 6.45) is 2.01. The van der Waals surface area contributed by atoms with Gasteiger partial charge in [0.2, 0.25) is 0 Å². The predicted molar refractivity (Wildman–Crippen MR) is 48.6 cm³/mol. The molecule has 0 aromatic heterocycles. The van der Waals surface area contributed by atoms with Crippen molar-refractivity contribution in [2.75, 3.05) is 0 Å². The largest absolute Gasteiger partial charge is 0.478 e. The second-order valence-corrected chi connectivity index (χ2v) is 2.13. The Labute approximate surface area is 77.1 Å². The molecular weight excluding hydrogens is 168 g/mol. The lowest BCUT2D eigenvalue weighted by molar-refractivity contribution is -0.131. The summed E-state index contributed by atoms with van der Waals surface area (Å²) >= 11 is 0. The third-order valence-electron chi connectivity index (χ3n) is 1.07. The van der Waals surface area contributed by atoms with Crippen LogP contribution in [0, 0.1) is 23.7 Å². The van der Waals surface area contributed by atoms with E-state index in [0.29, 0.717) is 6.42 Å². The average molecular weight is 178 g/mol. The second-order valence-electron chi connectivity index (χ2n) is 2.13. The molecule has 13 heavy (non-hydrogen) atoms. The lowest BCUT2D eigenvalue weighted by atomic mass is 10.3. The highest BCUT2D eigenvalue weighted by Gasteiger charge is 1.88. The van der Waals surface area contributed by atoms with E-state index < -0.39 is 12.1 Å². The van der Waals surface area contributed by atoms with Gasteiger partial charge in [-0.25, -0.2) is 4.79 Å². The van der Waals surface area contributed by atoms with Crippen LogP contribution in [0.4, 0.5) is 0 Å². The van der Waals surface area contributed by atoms with E-state index in [1.54, 1.807) is 6.92 Å². The first kappa shape index (κ1) is 11.3. The van der Waals surface area contributed by atoms with Crippen molar-refractivity contribution in [1.29, 1.82) is 0 Å². The summed E-state index contributed by atoms with van der Waals surface area (Å²) in [7, 11) is 0. The zero-order chi connectivity index (χ0) is 10.1. The van der Waals surface area contributed by atoms with Crippen LogP contribution in [0.5, 0.6) is 0 Å². The van der Waals surface area contributed by atoms with Gasteiger partial charge in [-0.05, 0) is 24.3 Å². The molecule has 0 spiro atoms. The summed E-state index contributed by atoms with van der Waals surface area (Å²) in [5.41, 5.74) is 0. The zero-order valence-electron chi connectivity index (χ0n) is 7.24. The van der Waals surface area contributed by atoms with Crippen LogP contribution in [0.25, 0.3) is 0 Å². The van der Waals surface area contributed by atoms with Gasteiger partial charge >= 0.3 is 5.97 Å². The highest BCUT2D eigenvalue weighted by Crippen LogP contribution is 1.83. The molecule has 0 aliphatic carbocycles. The molecule has 0 amide bonds. The van der Waals surface area contributed by atoms with Gasteiger partial charge in [-0.2, -0.15) is 0 Å². The molecule has 68 valence electrons.